The second-order valence-corrected chi connectivity index (χ2v) is 6.29. The number of rotatable bonds is 4. The van der Waals surface area contributed by atoms with Gasteiger partial charge in [0.25, 0.3) is 0 Å². The standard InChI is InChI=1S/C19H17ClN4O2/c1-12-2-3-13(20)8-15(12)24-19-10-18(21-11-22-19)23-14-4-5-16-17(9-14)26-7-6-25-16/h2-5,8-11H,6-7H2,1H3,(H2,21,22,23,24). The van der Waals surface area contributed by atoms with Crippen LogP contribution in [0.15, 0.2) is 48.8 Å². The minimum Gasteiger partial charge on any atom is -0.486 e. The maximum absolute atomic E-state index is 6.07. The van der Waals surface area contributed by atoms with Gasteiger partial charge in [0.2, 0.25) is 0 Å². The molecule has 1 aromatic heterocycles. The molecule has 2 aromatic carbocycles. The van der Waals surface area contributed by atoms with E-state index in [0.29, 0.717) is 29.9 Å². The Labute approximate surface area is 156 Å². The number of benzene rings is 2. The second-order valence-electron chi connectivity index (χ2n) is 5.86. The van der Waals surface area contributed by atoms with E-state index in [2.05, 4.69) is 20.6 Å². The minimum atomic E-state index is 0.553. The number of ether oxygens (including phenoxy) is 2. The van der Waals surface area contributed by atoms with Crippen molar-refractivity contribution in [2.24, 2.45) is 0 Å². The summed E-state index contributed by atoms with van der Waals surface area (Å²) in [6.07, 6.45) is 1.50. The SMILES string of the molecule is Cc1ccc(Cl)cc1Nc1cc(Nc2ccc3c(c2)OCCO3)ncn1. The highest BCUT2D eigenvalue weighted by Crippen LogP contribution is 2.33. The van der Waals surface area contributed by atoms with Crippen LogP contribution in [0.5, 0.6) is 11.5 Å². The molecule has 0 amide bonds. The van der Waals surface area contributed by atoms with Crippen molar-refractivity contribution in [2.75, 3.05) is 23.8 Å². The first-order valence-electron chi connectivity index (χ1n) is 8.19. The summed E-state index contributed by atoms with van der Waals surface area (Å²) >= 11 is 6.07. The lowest BCUT2D eigenvalue weighted by Gasteiger charge is -2.19. The molecule has 0 saturated carbocycles. The number of halogens is 1. The van der Waals surface area contributed by atoms with Gasteiger partial charge in [-0.05, 0) is 36.8 Å². The van der Waals surface area contributed by atoms with Gasteiger partial charge in [-0.3, -0.25) is 0 Å². The van der Waals surface area contributed by atoms with E-state index in [0.717, 1.165) is 28.4 Å². The molecule has 0 atom stereocenters. The molecule has 0 bridgehead atoms. The number of hydrogen-bond donors (Lipinski definition) is 2. The molecule has 6 nitrogen and oxygen atoms in total. The molecule has 7 heteroatoms. The Morgan fingerprint density at radius 3 is 2.50 bits per heavy atom. The van der Waals surface area contributed by atoms with Crippen LogP contribution < -0.4 is 20.1 Å². The Morgan fingerprint density at radius 2 is 1.65 bits per heavy atom. The van der Waals surface area contributed by atoms with E-state index < -0.39 is 0 Å². The van der Waals surface area contributed by atoms with Gasteiger partial charge in [-0.25, -0.2) is 9.97 Å². The maximum atomic E-state index is 6.07. The Hall–Kier alpha value is -2.99. The summed E-state index contributed by atoms with van der Waals surface area (Å²) in [5.74, 6) is 2.82. The third-order valence-corrected chi connectivity index (χ3v) is 4.18. The van der Waals surface area contributed by atoms with Gasteiger partial charge in [-0.2, -0.15) is 0 Å². The largest absolute Gasteiger partial charge is 0.486 e. The summed E-state index contributed by atoms with van der Waals surface area (Å²) in [7, 11) is 0. The first kappa shape index (κ1) is 16.5. The zero-order chi connectivity index (χ0) is 17.9. The normalized spacial score (nSPS) is 12.5. The third-order valence-electron chi connectivity index (χ3n) is 3.94. The van der Waals surface area contributed by atoms with Crippen LogP contribution in [0, 0.1) is 6.92 Å². The smallest absolute Gasteiger partial charge is 0.163 e. The Balaban J connectivity index is 1.53. The Kier molecular flexibility index (Phi) is 4.50. The average molecular weight is 369 g/mol. The zero-order valence-electron chi connectivity index (χ0n) is 14.1. The lowest BCUT2D eigenvalue weighted by atomic mass is 10.2. The van der Waals surface area contributed by atoms with Crippen LogP contribution in [-0.4, -0.2) is 23.2 Å². The highest BCUT2D eigenvalue weighted by molar-refractivity contribution is 6.30. The van der Waals surface area contributed by atoms with Crippen LogP contribution in [0.3, 0.4) is 0 Å². The van der Waals surface area contributed by atoms with Gasteiger partial charge in [0.1, 0.15) is 31.2 Å². The summed E-state index contributed by atoms with van der Waals surface area (Å²) in [6.45, 7) is 3.13. The lowest BCUT2D eigenvalue weighted by Crippen LogP contribution is -2.15. The summed E-state index contributed by atoms with van der Waals surface area (Å²) in [5, 5.41) is 7.19. The van der Waals surface area contributed by atoms with Crippen molar-refractivity contribution in [1.29, 1.82) is 0 Å². The van der Waals surface area contributed by atoms with Crippen molar-refractivity contribution in [3.05, 3.63) is 59.4 Å². The quantitative estimate of drug-likeness (QED) is 0.695. The van der Waals surface area contributed by atoms with Crippen molar-refractivity contribution in [1.82, 2.24) is 9.97 Å². The number of nitrogens with one attached hydrogen (secondary N) is 2. The molecule has 0 fully saturated rings. The summed E-state index contributed by atoms with van der Waals surface area (Å²) in [4.78, 5) is 8.54. The molecule has 0 radical (unpaired) electrons. The zero-order valence-corrected chi connectivity index (χ0v) is 14.9. The van der Waals surface area contributed by atoms with Crippen LogP contribution in [-0.2, 0) is 0 Å². The highest BCUT2D eigenvalue weighted by Gasteiger charge is 2.12. The fourth-order valence-corrected chi connectivity index (χ4v) is 2.80. The van der Waals surface area contributed by atoms with Gasteiger partial charge < -0.3 is 20.1 Å². The molecule has 1 aliphatic heterocycles. The minimum absolute atomic E-state index is 0.553. The third kappa shape index (κ3) is 3.65. The van der Waals surface area contributed by atoms with Gasteiger partial charge in [-0.15, -0.1) is 0 Å². The molecule has 2 N–H and O–H groups in total. The number of hydrogen-bond acceptors (Lipinski definition) is 6. The first-order valence-corrected chi connectivity index (χ1v) is 8.57. The van der Waals surface area contributed by atoms with Gasteiger partial charge in [0.15, 0.2) is 11.5 Å². The Bertz CT molecular complexity index is 949. The fraction of sp³-hybridized carbons (Fsp3) is 0.158. The van der Waals surface area contributed by atoms with Crippen molar-refractivity contribution in [3.8, 4) is 11.5 Å². The molecule has 1 aliphatic rings. The monoisotopic (exact) mass is 368 g/mol. The number of nitrogens with zero attached hydrogens (tertiary/aromatic N) is 2. The second kappa shape index (κ2) is 7.09. The first-order chi connectivity index (χ1) is 12.7. The molecule has 0 unspecified atom stereocenters. The summed E-state index contributed by atoms with van der Waals surface area (Å²) < 4.78 is 11.1. The van der Waals surface area contributed by atoms with E-state index in [4.69, 9.17) is 21.1 Å². The Morgan fingerprint density at radius 1 is 0.885 bits per heavy atom. The van der Waals surface area contributed by atoms with E-state index in [1.807, 2.05) is 49.4 Å². The van der Waals surface area contributed by atoms with E-state index in [9.17, 15) is 0 Å². The molecular formula is C19H17ClN4O2. The van der Waals surface area contributed by atoms with Crippen LogP contribution in [0.2, 0.25) is 5.02 Å². The summed E-state index contributed by atoms with van der Waals surface area (Å²) in [5.41, 5.74) is 2.84. The average Bonchev–Trinajstić information content (AvgIpc) is 2.65. The van der Waals surface area contributed by atoms with E-state index in [1.54, 1.807) is 0 Å². The van der Waals surface area contributed by atoms with Crippen molar-refractivity contribution < 1.29 is 9.47 Å². The van der Waals surface area contributed by atoms with Crippen molar-refractivity contribution in [3.63, 3.8) is 0 Å². The molecule has 3 aromatic rings. The fourth-order valence-electron chi connectivity index (χ4n) is 2.63. The molecule has 2 heterocycles. The van der Waals surface area contributed by atoms with Gasteiger partial charge in [-0.1, -0.05) is 17.7 Å². The topological polar surface area (TPSA) is 68.3 Å². The van der Waals surface area contributed by atoms with Gasteiger partial charge in [0.05, 0.1) is 0 Å². The molecule has 26 heavy (non-hydrogen) atoms. The predicted octanol–water partition coefficient (Wildman–Crippen LogP) is 4.70. The number of anilines is 4. The molecule has 132 valence electrons. The predicted molar refractivity (Wildman–Crippen MR) is 102 cm³/mol. The van der Waals surface area contributed by atoms with Crippen LogP contribution >= 0.6 is 11.6 Å². The molecule has 0 saturated heterocycles. The van der Waals surface area contributed by atoms with Gasteiger partial charge in [0, 0.05) is 28.5 Å². The molecule has 0 aliphatic carbocycles. The maximum Gasteiger partial charge on any atom is 0.163 e. The lowest BCUT2D eigenvalue weighted by molar-refractivity contribution is 0.171. The van der Waals surface area contributed by atoms with E-state index in [1.165, 1.54) is 6.33 Å². The molecule has 0 spiro atoms. The molecule has 4 rings (SSSR count). The van der Waals surface area contributed by atoms with Gasteiger partial charge >= 0.3 is 0 Å². The van der Waals surface area contributed by atoms with E-state index >= 15 is 0 Å². The van der Waals surface area contributed by atoms with Crippen molar-refractivity contribution >= 4 is 34.6 Å². The number of aromatic nitrogens is 2. The highest BCUT2D eigenvalue weighted by atomic mass is 35.5. The van der Waals surface area contributed by atoms with Crippen molar-refractivity contribution in [2.45, 2.75) is 6.92 Å². The van der Waals surface area contributed by atoms with Crippen LogP contribution in [0.1, 0.15) is 5.56 Å². The van der Waals surface area contributed by atoms with Crippen LogP contribution in [0.4, 0.5) is 23.0 Å². The summed E-state index contributed by atoms with van der Waals surface area (Å²) in [6, 6.07) is 13.2. The van der Waals surface area contributed by atoms with E-state index in [-0.39, 0.29) is 0 Å². The number of aryl methyl sites for hydroxylation is 1. The number of fused-ring (bicyclic) bond motifs is 1. The molecular weight excluding hydrogens is 352 g/mol. The van der Waals surface area contributed by atoms with Crippen LogP contribution in [0.25, 0.3) is 0 Å².